The topological polar surface area (TPSA) is 64.6 Å². The second kappa shape index (κ2) is 7.76. The Morgan fingerprint density at radius 3 is 2.54 bits per heavy atom. The van der Waals surface area contributed by atoms with Gasteiger partial charge in [0.15, 0.2) is 6.10 Å². The second-order valence-electron chi connectivity index (χ2n) is 5.48. The van der Waals surface area contributed by atoms with Crippen LogP contribution in [0.25, 0.3) is 10.1 Å². The molecule has 0 saturated heterocycles. The fourth-order valence-corrected chi connectivity index (χ4v) is 3.79. The van der Waals surface area contributed by atoms with Crippen LogP contribution < -0.4 is 10.1 Å². The Hall–Kier alpha value is -2.57. The minimum atomic E-state index is -0.992. The molecule has 26 heavy (non-hydrogen) atoms. The van der Waals surface area contributed by atoms with Crippen molar-refractivity contribution in [1.82, 2.24) is 0 Å². The van der Waals surface area contributed by atoms with E-state index in [2.05, 4.69) is 5.32 Å². The minimum absolute atomic E-state index is 0.282. The molecule has 0 spiro atoms. The van der Waals surface area contributed by atoms with Gasteiger partial charge in [0.1, 0.15) is 10.6 Å². The standard InChI is InChI=1S/C19H16ClNO4S/c1-11(18(22)21-13-8-4-5-9-14(13)24-2)25-19(23)17-16(20)12-7-3-6-10-15(12)26-17/h3-11H,1-2H3,(H,21,22). The number of carbonyl (C=O) groups excluding carboxylic acids is 2. The Morgan fingerprint density at radius 2 is 1.81 bits per heavy atom. The van der Waals surface area contributed by atoms with Gasteiger partial charge in [-0.1, -0.05) is 41.9 Å². The summed E-state index contributed by atoms with van der Waals surface area (Å²) in [6, 6.07) is 14.4. The summed E-state index contributed by atoms with van der Waals surface area (Å²) in [4.78, 5) is 25.0. The molecule has 1 amide bonds. The first-order valence-electron chi connectivity index (χ1n) is 7.83. The molecule has 0 aliphatic rings. The average molecular weight is 390 g/mol. The lowest BCUT2D eigenvalue weighted by atomic mass is 10.2. The molecular weight excluding hydrogens is 374 g/mol. The monoisotopic (exact) mass is 389 g/mol. The van der Waals surface area contributed by atoms with Crippen LogP contribution in [0.4, 0.5) is 5.69 Å². The molecule has 0 aliphatic heterocycles. The quantitative estimate of drug-likeness (QED) is 0.639. The average Bonchev–Trinajstić information content (AvgIpc) is 2.99. The van der Waals surface area contributed by atoms with Gasteiger partial charge in [-0.05, 0) is 25.1 Å². The van der Waals surface area contributed by atoms with Gasteiger partial charge in [0, 0.05) is 10.1 Å². The highest BCUT2D eigenvalue weighted by atomic mass is 35.5. The van der Waals surface area contributed by atoms with E-state index in [1.54, 1.807) is 24.3 Å². The summed E-state index contributed by atoms with van der Waals surface area (Å²) in [6.45, 7) is 1.50. The molecule has 3 rings (SSSR count). The number of anilines is 1. The Morgan fingerprint density at radius 1 is 1.12 bits per heavy atom. The minimum Gasteiger partial charge on any atom is -0.495 e. The zero-order valence-electron chi connectivity index (χ0n) is 14.1. The summed E-state index contributed by atoms with van der Waals surface area (Å²) in [5.74, 6) is -0.564. The summed E-state index contributed by atoms with van der Waals surface area (Å²) < 4.78 is 11.4. The van der Waals surface area contributed by atoms with Gasteiger partial charge in [-0.15, -0.1) is 11.3 Å². The van der Waals surface area contributed by atoms with Crippen molar-refractivity contribution in [3.8, 4) is 5.75 Å². The summed E-state index contributed by atoms with van der Waals surface area (Å²) in [6.07, 6.45) is -0.992. The van der Waals surface area contributed by atoms with Gasteiger partial charge in [-0.2, -0.15) is 0 Å². The highest BCUT2D eigenvalue weighted by Crippen LogP contribution is 2.35. The van der Waals surface area contributed by atoms with Crippen LogP contribution >= 0.6 is 22.9 Å². The SMILES string of the molecule is COc1ccccc1NC(=O)C(C)OC(=O)c1sc2ccccc2c1Cl. The van der Waals surface area contributed by atoms with Gasteiger partial charge < -0.3 is 14.8 Å². The molecule has 0 bridgehead atoms. The molecule has 5 nitrogen and oxygen atoms in total. The molecule has 134 valence electrons. The van der Waals surface area contributed by atoms with E-state index in [1.807, 2.05) is 24.3 Å². The molecule has 0 radical (unpaired) electrons. The van der Waals surface area contributed by atoms with E-state index in [-0.39, 0.29) is 4.88 Å². The molecular formula is C19H16ClNO4S. The molecule has 1 aromatic heterocycles. The number of hydrogen-bond acceptors (Lipinski definition) is 5. The smallest absolute Gasteiger partial charge is 0.350 e. The number of ether oxygens (including phenoxy) is 2. The maximum atomic E-state index is 12.4. The Bertz CT molecular complexity index is 969. The number of fused-ring (bicyclic) bond motifs is 1. The van der Waals surface area contributed by atoms with Crippen LogP contribution in [0.3, 0.4) is 0 Å². The number of carbonyl (C=O) groups is 2. The zero-order chi connectivity index (χ0) is 18.7. The summed E-state index contributed by atoms with van der Waals surface area (Å²) >= 11 is 7.51. The summed E-state index contributed by atoms with van der Waals surface area (Å²) in [5, 5.41) is 3.82. The number of thiophene rings is 1. The van der Waals surface area contributed by atoms with Gasteiger partial charge in [0.25, 0.3) is 5.91 Å². The fourth-order valence-electron chi connectivity index (χ4n) is 2.40. The van der Waals surface area contributed by atoms with E-state index in [9.17, 15) is 9.59 Å². The fraction of sp³-hybridized carbons (Fsp3) is 0.158. The molecule has 3 aromatic rings. The predicted octanol–water partition coefficient (Wildman–Crippen LogP) is 4.75. The molecule has 1 heterocycles. The van der Waals surface area contributed by atoms with Gasteiger partial charge in [-0.25, -0.2) is 4.79 Å². The van der Waals surface area contributed by atoms with Crippen LogP contribution in [0.5, 0.6) is 5.75 Å². The largest absolute Gasteiger partial charge is 0.495 e. The van der Waals surface area contributed by atoms with E-state index in [0.717, 1.165) is 10.1 Å². The third kappa shape index (κ3) is 3.66. The third-order valence-corrected chi connectivity index (χ3v) is 5.39. The van der Waals surface area contributed by atoms with Crippen molar-refractivity contribution in [1.29, 1.82) is 0 Å². The normalized spacial score (nSPS) is 11.8. The molecule has 1 N–H and O–H groups in total. The van der Waals surface area contributed by atoms with E-state index < -0.39 is 18.0 Å². The number of esters is 1. The van der Waals surface area contributed by atoms with Crippen molar-refractivity contribution < 1.29 is 19.1 Å². The van der Waals surface area contributed by atoms with Crippen LogP contribution in [0.15, 0.2) is 48.5 Å². The van der Waals surface area contributed by atoms with Crippen molar-refractivity contribution in [2.24, 2.45) is 0 Å². The Balaban J connectivity index is 1.72. The van der Waals surface area contributed by atoms with Gasteiger partial charge in [0.2, 0.25) is 0 Å². The molecule has 1 unspecified atom stereocenters. The molecule has 0 fully saturated rings. The summed E-state index contributed by atoms with van der Waals surface area (Å²) in [5.41, 5.74) is 0.503. The van der Waals surface area contributed by atoms with Crippen molar-refractivity contribution in [3.63, 3.8) is 0 Å². The number of rotatable bonds is 5. The number of methoxy groups -OCH3 is 1. The number of nitrogens with one attached hydrogen (secondary N) is 1. The van der Waals surface area contributed by atoms with Gasteiger partial charge in [0.05, 0.1) is 17.8 Å². The van der Waals surface area contributed by atoms with Gasteiger partial charge >= 0.3 is 5.97 Å². The highest BCUT2D eigenvalue weighted by Gasteiger charge is 2.24. The third-order valence-electron chi connectivity index (χ3n) is 3.74. The lowest BCUT2D eigenvalue weighted by molar-refractivity contribution is -0.123. The van der Waals surface area contributed by atoms with Crippen molar-refractivity contribution in [2.45, 2.75) is 13.0 Å². The van der Waals surface area contributed by atoms with Crippen LogP contribution in [-0.2, 0) is 9.53 Å². The van der Waals surface area contributed by atoms with E-state index in [0.29, 0.717) is 16.5 Å². The molecule has 7 heteroatoms. The predicted molar refractivity (Wildman–Crippen MR) is 103 cm³/mol. The first-order valence-corrected chi connectivity index (χ1v) is 9.02. The first-order chi connectivity index (χ1) is 12.5. The van der Waals surface area contributed by atoms with Crippen LogP contribution in [-0.4, -0.2) is 25.1 Å². The molecule has 1 atom stereocenters. The number of amides is 1. The van der Waals surface area contributed by atoms with Crippen LogP contribution in [0.2, 0.25) is 5.02 Å². The summed E-state index contributed by atoms with van der Waals surface area (Å²) in [7, 11) is 1.51. The maximum absolute atomic E-state index is 12.4. The van der Waals surface area contributed by atoms with Crippen LogP contribution in [0.1, 0.15) is 16.6 Å². The van der Waals surface area contributed by atoms with Crippen LogP contribution in [0, 0.1) is 0 Å². The van der Waals surface area contributed by atoms with E-state index in [1.165, 1.54) is 25.4 Å². The molecule has 0 aliphatic carbocycles. The van der Waals surface area contributed by atoms with Crippen molar-refractivity contribution in [2.75, 3.05) is 12.4 Å². The van der Waals surface area contributed by atoms with Crippen molar-refractivity contribution >= 4 is 50.6 Å². The number of para-hydroxylation sites is 2. The second-order valence-corrected chi connectivity index (χ2v) is 6.91. The maximum Gasteiger partial charge on any atom is 0.350 e. The Labute approximate surface area is 159 Å². The molecule has 2 aromatic carbocycles. The first kappa shape index (κ1) is 18.2. The zero-order valence-corrected chi connectivity index (χ0v) is 15.7. The molecule has 0 saturated carbocycles. The highest BCUT2D eigenvalue weighted by molar-refractivity contribution is 7.21. The lowest BCUT2D eigenvalue weighted by Gasteiger charge is -2.14. The van der Waals surface area contributed by atoms with Gasteiger partial charge in [-0.3, -0.25) is 4.79 Å². The van der Waals surface area contributed by atoms with Crippen molar-refractivity contribution in [3.05, 3.63) is 58.4 Å². The lowest BCUT2D eigenvalue weighted by Crippen LogP contribution is -2.30. The van der Waals surface area contributed by atoms with E-state index in [4.69, 9.17) is 21.1 Å². The Kier molecular flexibility index (Phi) is 5.44. The number of benzene rings is 2. The number of hydrogen-bond donors (Lipinski definition) is 1. The van der Waals surface area contributed by atoms with E-state index >= 15 is 0 Å². The number of halogens is 1.